The van der Waals surface area contributed by atoms with E-state index in [9.17, 15) is 4.79 Å². The van der Waals surface area contributed by atoms with Crippen molar-refractivity contribution in [2.24, 2.45) is 0 Å². The smallest absolute Gasteiger partial charge is 0.248 e. The highest BCUT2D eigenvalue weighted by Gasteiger charge is 2.42. The van der Waals surface area contributed by atoms with E-state index >= 15 is 0 Å². The number of hydrogen-bond acceptors (Lipinski definition) is 5. The van der Waals surface area contributed by atoms with Gasteiger partial charge in [0.25, 0.3) is 0 Å². The van der Waals surface area contributed by atoms with Crippen molar-refractivity contribution in [1.82, 2.24) is 20.1 Å². The van der Waals surface area contributed by atoms with Gasteiger partial charge in [0.15, 0.2) is 5.82 Å². The molecule has 2 aromatic rings. The first-order chi connectivity index (χ1) is 13.0. The third-order valence-corrected chi connectivity index (χ3v) is 5.04. The molecule has 1 aromatic heterocycles. The van der Waals surface area contributed by atoms with Crippen molar-refractivity contribution < 1.29 is 9.53 Å². The molecular weight excluding hydrogens is 342 g/mol. The fraction of sp³-hybridized carbons (Fsp3) is 0.550. The summed E-state index contributed by atoms with van der Waals surface area (Å²) < 4.78 is 7.61. The summed E-state index contributed by atoms with van der Waals surface area (Å²) in [5.41, 5.74) is 0.324. The maximum absolute atomic E-state index is 13.1. The minimum atomic E-state index is -0.833. The molecule has 0 fully saturated rings. The van der Waals surface area contributed by atoms with Crippen LogP contribution in [0.2, 0.25) is 0 Å². The van der Waals surface area contributed by atoms with Gasteiger partial charge >= 0.3 is 0 Å². The van der Waals surface area contributed by atoms with Gasteiger partial charge < -0.3 is 15.0 Å². The molecule has 0 radical (unpaired) electrons. The maximum atomic E-state index is 13.1. The molecule has 0 spiro atoms. The number of amides is 1. The van der Waals surface area contributed by atoms with Gasteiger partial charge in [-0.25, -0.2) is 0 Å². The zero-order valence-corrected chi connectivity index (χ0v) is 16.6. The molecule has 0 aliphatic carbocycles. The Balaban J connectivity index is 1.69. The lowest BCUT2D eigenvalue weighted by atomic mass is 9.99. The summed E-state index contributed by atoms with van der Waals surface area (Å²) in [7, 11) is 0. The SMILES string of the molecule is CCN(CCNC(=O)C1(C)COCc2nnc(C(C)C)n21)c1ccccc1. The van der Waals surface area contributed by atoms with Crippen LogP contribution in [-0.2, 0) is 21.7 Å². The topological polar surface area (TPSA) is 72.3 Å². The third kappa shape index (κ3) is 3.83. The number of ether oxygens (including phenoxy) is 1. The number of aromatic nitrogens is 3. The predicted octanol–water partition coefficient (Wildman–Crippen LogP) is 2.29. The van der Waals surface area contributed by atoms with E-state index in [0.29, 0.717) is 25.6 Å². The highest BCUT2D eigenvalue weighted by Crippen LogP contribution is 2.29. The first-order valence-electron chi connectivity index (χ1n) is 9.58. The minimum absolute atomic E-state index is 0.0609. The quantitative estimate of drug-likeness (QED) is 0.808. The maximum Gasteiger partial charge on any atom is 0.248 e. The molecule has 1 atom stereocenters. The molecular formula is C20H29N5O2. The molecule has 7 heteroatoms. The second-order valence-electron chi connectivity index (χ2n) is 7.40. The number of likely N-dealkylation sites (N-methyl/N-ethyl adjacent to an activating group) is 1. The Bertz CT molecular complexity index is 774. The number of anilines is 1. The number of para-hydroxylation sites is 1. The lowest BCUT2D eigenvalue weighted by molar-refractivity contribution is -0.135. The molecule has 0 bridgehead atoms. The summed E-state index contributed by atoms with van der Waals surface area (Å²) in [5, 5.41) is 11.6. The zero-order valence-electron chi connectivity index (χ0n) is 16.6. The van der Waals surface area contributed by atoms with E-state index in [2.05, 4.69) is 53.3 Å². The Labute approximate surface area is 160 Å². The molecule has 0 saturated carbocycles. The van der Waals surface area contributed by atoms with Crippen LogP contribution in [0, 0.1) is 0 Å². The number of hydrogen-bond donors (Lipinski definition) is 1. The molecule has 3 rings (SSSR count). The van der Waals surface area contributed by atoms with E-state index in [-0.39, 0.29) is 11.8 Å². The first-order valence-corrected chi connectivity index (χ1v) is 9.58. The number of carbonyl (C=O) groups excluding carboxylic acids is 1. The average molecular weight is 371 g/mol. The molecule has 1 aliphatic rings. The van der Waals surface area contributed by atoms with E-state index in [1.54, 1.807) is 0 Å². The van der Waals surface area contributed by atoms with E-state index in [1.165, 1.54) is 0 Å². The lowest BCUT2D eigenvalue weighted by Crippen LogP contribution is -2.54. The molecule has 0 saturated heterocycles. The molecule has 2 heterocycles. The summed E-state index contributed by atoms with van der Waals surface area (Å²) in [5.74, 6) is 1.66. The molecule has 1 amide bonds. The van der Waals surface area contributed by atoms with Crippen molar-refractivity contribution in [2.75, 3.05) is 31.1 Å². The lowest BCUT2D eigenvalue weighted by Gasteiger charge is -2.36. The Morgan fingerprint density at radius 3 is 2.74 bits per heavy atom. The third-order valence-electron chi connectivity index (χ3n) is 5.04. The number of nitrogens with one attached hydrogen (secondary N) is 1. The second-order valence-corrected chi connectivity index (χ2v) is 7.40. The van der Waals surface area contributed by atoms with Crippen molar-refractivity contribution in [3.63, 3.8) is 0 Å². The number of carbonyl (C=O) groups is 1. The zero-order chi connectivity index (χ0) is 19.4. The number of rotatable bonds is 7. The van der Waals surface area contributed by atoms with Crippen LogP contribution >= 0.6 is 0 Å². The van der Waals surface area contributed by atoms with Crippen LogP contribution in [0.1, 0.15) is 45.3 Å². The number of fused-ring (bicyclic) bond motifs is 1. The van der Waals surface area contributed by atoms with Gasteiger partial charge in [-0.2, -0.15) is 0 Å². The summed E-state index contributed by atoms with van der Waals surface area (Å²) in [6, 6.07) is 10.2. The highest BCUT2D eigenvalue weighted by molar-refractivity contribution is 5.84. The summed E-state index contributed by atoms with van der Waals surface area (Å²) in [6.45, 7) is 11.0. The highest BCUT2D eigenvalue weighted by atomic mass is 16.5. The van der Waals surface area contributed by atoms with Crippen molar-refractivity contribution in [3.05, 3.63) is 42.0 Å². The Kier molecular flexibility index (Phi) is 5.79. The Hall–Kier alpha value is -2.41. The van der Waals surface area contributed by atoms with Gasteiger partial charge in [-0.1, -0.05) is 32.0 Å². The Morgan fingerprint density at radius 2 is 2.07 bits per heavy atom. The van der Waals surface area contributed by atoms with Crippen LogP contribution in [0.25, 0.3) is 0 Å². The minimum Gasteiger partial charge on any atom is -0.370 e. The summed E-state index contributed by atoms with van der Waals surface area (Å²) >= 11 is 0. The Morgan fingerprint density at radius 1 is 1.33 bits per heavy atom. The van der Waals surface area contributed by atoms with Crippen LogP contribution in [0.15, 0.2) is 30.3 Å². The van der Waals surface area contributed by atoms with Gasteiger partial charge in [0.05, 0.1) is 6.61 Å². The van der Waals surface area contributed by atoms with Gasteiger partial charge in [-0.05, 0) is 26.0 Å². The van der Waals surface area contributed by atoms with E-state index in [0.717, 1.165) is 24.6 Å². The van der Waals surface area contributed by atoms with Gasteiger partial charge in [-0.3, -0.25) is 9.36 Å². The second kappa shape index (κ2) is 8.08. The normalized spacial score (nSPS) is 19.0. The molecule has 1 N–H and O–H groups in total. The predicted molar refractivity (Wildman–Crippen MR) is 105 cm³/mol. The molecule has 146 valence electrons. The van der Waals surface area contributed by atoms with Crippen molar-refractivity contribution in [1.29, 1.82) is 0 Å². The molecule has 1 aromatic carbocycles. The monoisotopic (exact) mass is 371 g/mol. The van der Waals surface area contributed by atoms with E-state index in [1.807, 2.05) is 29.7 Å². The number of benzene rings is 1. The van der Waals surface area contributed by atoms with Gasteiger partial charge in [0.1, 0.15) is 18.0 Å². The van der Waals surface area contributed by atoms with Crippen LogP contribution in [0.3, 0.4) is 0 Å². The van der Waals surface area contributed by atoms with Crippen LogP contribution in [0.5, 0.6) is 0 Å². The van der Waals surface area contributed by atoms with Crippen LogP contribution < -0.4 is 10.2 Å². The van der Waals surface area contributed by atoms with Crippen molar-refractivity contribution in [3.8, 4) is 0 Å². The average Bonchev–Trinajstić information content (AvgIpc) is 3.12. The first kappa shape index (κ1) is 19.4. The largest absolute Gasteiger partial charge is 0.370 e. The van der Waals surface area contributed by atoms with E-state index in [4.69, 9.17) is 4.74 Å². The van der Waals surface area contributed by atoms with E-state index < -0.39 is 5.54 Å². The van der Waals surface area contributed by atoms with Crippen LogP contribution in [0.4, 0.5) is 5.69 Å². The van der Waals surface area contributed by atoms with Gasteiger partial charge in [0.2, 0.25) is 5.91 Å². The van der Waals surface area contributed by atoms with Gasteiger partial charge in [-0.15, -0.1) is 10.2 Å². The molecule has 7 nitrogen and oxygen atoms in total. The van der Waals surface area contributed by atoms with Crippen molar-refractivity contribution >= 4 is 11.6 Å². The molecule has 1 unspecified atom stereocenters. The summed E-state index contributed by atoms with van der Waals surface area (Å²) in [6.07, 6.45) is 0. The number of nitrogens with zero attached hydrogens (tertiary/aromatic N) is 4. The van der Waals surface area contributed by atoms with Crippen LogP contribution in [-0.4, -0.2) is 46.9 Å². The molecule has 27 heavy (non-hydrogen) atoms. The standard InChI is InChI=1S/C20H29N5O2/c1-5-24(16-9-7-6-8-10-16)12-11-21-19(26)20(4)14-27-13-17-22-23-18(15(2)3)25(17)20/h6-10,15H,5,11-14H2,1-4H3,(H,21,26). The van der Waals surface area contributed by atoms with Gasteiger partial charge in [0, 0.05) is 31.2 Å². The molecule has 1 aliphatic heterocycles. The fourth-order valence-electron chi connectivity index (χ4n) is 3.51. The van der Waals surface area contributed by atoms with Crippen molar-refractivity contribution in [2.45, 2.75) is 45.8 Å². The fourth-order valence-corrected chi connectivity index (χ4v) is 3.51. The summed E-state index contributed by atoms with van der Waals surface area (Å²) in [4.78, 5) is 15.3.